The van der Waals surface area contributed by atoms with Gasteiger partial charge >= 0.3 is 0 Å². The van der Waals surface area contributed by atoms with Crippen LogP contribution in [-0.4, -0.2) is 11.0 Å². The van der Waals surface area contributed by atoms with Crippen molar-refractivity contribution in [1.29, 1.82) is 0 Å². The van der Waals surface area contributed by atoms with E-state index in [0.29, 0.717) is 5.11 Å². The number of carbonyl (C=O) groups is 1. The van der Waals surface area contributed by atoms with Crippen LogP contribution in [0.1, 0.15) is 12.5 Å². The fraction of sp³-hybridized carbons (Fsp3) is 0.125. The van der Waals surface area contributed by atoms with Crippen molar-refractivity contribution in [3.05, 3.63) is 66.2 Å². The molecule has 1 unspecified atom stereocenters. The Hall–Kier alpha value is -2.40. The number of primary amides is 1. The second-order valence-corrected chi connectivity index (χ2v) is 5.21. The van der Waals surface area contributed by atoms with Gasteiger partial charge in [-0.2, -0.15) is 0 Å². The van der Waals surface area contributed by atoms with E-state index in [-0.39, 0.29) is 0 Å². The van der Waals surface area contributed by atoms with E-state index in [9.17, 15) is 4.79 Å². The summed E-state index contributed by atoms with van der Waals surface area (Å²) in [5.41, 5.74) is 6.09. The molecule has 0 bridgehead atoms. The minimum Gasteiger partial charge on any atom is -0.367 e. The number of hydrogen-bond acceptors (Lipinski definition) is 2. The van der Waals surface area contributed by atoms with Crippen LogP contribution in [0, 0.1) is 0 Å². The molecule has 0 spiro atoms. The van der Waals surface area contributed by atoms with E-state index < -0.39 is 11.4 Å². The summed E-state index contributed by atoms with van der Waals surface area (Å²) in [5.74, 6) is -0.495. The third-order valence-electron chi connectivity index (χ3n) is 3.24. The Labute approximate surface area is 129 Å². The lowest BCUT2D eigenvalue weighted by Gasteiger charge is -2.29. The van der Waals surface area contributed by atoms with Crippen LogP contribution in [0.25, 0.3) is 0 Å². The predicted octanol–water partition coefficient (Wildman–Crippen LogP) is 2.37. The highest BCUT2D eigenvalue weighted by Gasteiger charge is 2.33. The van der Waals surface area contributed by atoms with Crippen LogP contribution in [0.15, 0.2) is 60.7 Å². The number of hydrogen-bond donors (Lipinski definition) is 3. The van der Waals surface area contributed by atoms with Gasteiger partial charge in [-0.15, -0.1) is 0 Å². The molecule has 0 aliphatic heterocycles. The van der Waals surface area contributed by atoms with E-state index in [4.69, 9.17) is 18.0 Å². The zero-order valence-electron chi connectivity index (χ0n) is 11.7. The maximum absolute atomic E-state index is 11.9. The van der Waals surface area contributed by atoms with E-state index in [0.717, 1.165) is 11.3 Å². The average molecular weight is 299 g/mol. The molecule has 0 aliphatic rings. The van der Waals surface area contributed by atoms with Crippen LogP contribution in [0.2, 0.25) is 0 Å². The van der Waals surface area contributed by atoms with E-state index in [1.54, 1.807) is 6.92 Å². The smallest absolute Gasteiger partial charge is 0.247 e. The summed E-state index contributed by atoms with van der Waals surface area (Å²) >= 11 is 5.27. The molecule has 0 fully saturated rings. The molecule has 1 amide bonds. The molecule has 0 saturated heterocycles. The third-order valence-corrected chi connectivity index (χ3v) is 3.44. The third kappa shape index (κ3) is 3.58. The standard InChI is InChI=1S/C16H17N3OS/c1-16(14(17)20,12-8-4-2-5-9-12)19-15(21)18-13-10-6-3-7-11-13/h2-11H,1H3,(H2,17,20)(H2,18,19,21). The first kappa shape index (κ1) is 15.0. The van der Waals surface area contributed by atoms with Gasteiger partial charge in [-0.05, 0) is 36.8 Å². The monoisotopic (exact) mass is 299 g/mol. The van der Waals surface area contributed by atoms with Crippen molar-refractivity contribution in [2.75, 3.05) is 5.32 Å². The van der Waals surface area contributed by atoms with Gasteiger partial charge in [-0.1, -0.05) is 48.5 Å². The first-order valence-corrected chi connectivity index (χ1v) is 6.93. The van der Waals surface area contributed by atoms with Gasteiger partial charge in [0.05, 0.1) is 0 Å². The van der Waals surface area contributed by atoms with Crippen LogP contribution < -0.4 is 16.4 Å². The molecule has 0 aromatic heterocycles. The molecule has 1 atom stereocenters. The van der Waals surface area contributed by atoms with Crippen molar-refractivity contribution in [1.82, 2.24) is 5.32 Å². The molecule has 108 valence electrons. The lowest BCUT2D eigenvalue weighted by atomic mass is 9.91. The quantitative estimate of drug-likeness (QED) is 0.758. The fourth-order valence-corrected chi connectivity index (χ4v) is 2.28. The zero-order valence-corrected chi connectivity index (χ0v) is 12.5. The molecule has 4 N–H and O–H groups in total. The van der Waals surface area contributed by atoms with Gasteiger partial charge in [0, 0.05) is 5.69 Å². The Morgan fingerprint density at radius 1 is 1.05 bits per heavy atom. The lowest BCUT2D eigenvalue weighted by molar-refractivity contribution is -0.123. The molecule has 5 heteroatoms. The predicted molar refractivity (Wildman–Crippen MR) is 88.8 cm³/mol. The van der Waals surface area contributed by atoms with Crippen molar-refractivity contribution in [3.63, 3.8) is 0 Å². The Bertz CT molecular complexity index is 630. The Morgan fingerprint density at radius 3 is 2.10 bits per heavy atom. The van der Waals surface area contributed by atoms with Crippen molar-refractivity contribution in [2.24, 2.45) is 5.73 Å². The molecule has 2 aromatic carbocycles. The van der Waals surface area contributed by atoms with Gasteiger partial charge < -0.3 is 16.4 Å². The van der Waals surface area contributed by atoms with Crippen LogP contribution in [-0.2, 0) is 10.3 Å². The molecule has 0 aliphatic carbocycles. The molecule has 2 aromatic rings. The highest BCUT2D eigenvalue weighted by atomic mass is 32.1. The minimum atomic E-state index is -1.07. The van der Waals surface area contributed by atoms with E-state index in [2.05, 4.69) is 10.6 Å². The summed E-state index contributed by atoms with van der Waals surface area (Å²) in [7, 11) is 0. The number of nitrogens with one attached hydrogen (secondary N) is 2. The SMILES string of the molecule is CC(NC(=S)Nc1ccccc1)(C(N)=O)c1ccccc1. The van der Waals surface area contributed by atoms with Crippen molar-refractivity contribution < 1.29 is 4.79 Å². The van der Waals surface area contributed by atoms with Crippen molar-refractivity contribution >= 4 is 28.9 Å². The molecule has 21 heavy (non-hydrogen) atoms. The number of thiocarbonyl (C=S) groups is 1. The largest absolute Gasteiger partial charge is 0.367 e. The Balaban J connectivity index is 2.17. The fourth-order valence-electron chi connectivity index (χ4n) is 1.96. The maximum Gasteiger partial charge on any atom is 0.247 e. The summed E-state index contributed by atoms with van der Waals surface area (Å²) in [5, 5.41) is 6.38. The first-order valence-electron chi connectivity index (χ1n) is 6.52. The second kappa shape index (κ2) is 6.37. The molecule has 0 radical (unpaired) electrons. The lowest BCUT2D eigenvalue weighted by Crippen LogP contribution is -2.53. The van der Waals surface area contributed by atoms with Crippen LogP contribution in [0.5, 0.6) is 0 Å². The highest BCUT2D eigenvalue weighted by molar-refractivity contribution is 7.80. The summed E-state index contributed by atoms with van der Waals surface area (Å²) < 4.78 is 0. The number of anilines is 1. The molecular formula is C16H17N3OS. The number of amides is 1. The maximum atomic E-state index is 11.9. The topological polar surface area (TPSA) is 67.2 Å². The number of nitrogens with two attached hydrogens (primary N) is 1. The van der Waals surface area contributed by atoms with Gasteiger partial charge in [-0.3, -0.25) is 4.79 Å². The summed E-state index contributed by atoms with van der Waals surface area (Å²) in [4.78, 5) is 11.9. The normalized spacial score (nSPS) is 13.0. The number of rotatable bonds is 4. The second-order valence-electron chi connectivity index (χ2n) is 4.80. The van der Waals surface area contributed by atoms with Gasteiger partial charge in [0.15, 0.2) is 5.11 Å². The van der Waals surface area contributed by atoms with Gasteiger partial charge in [0.25, 0.3) is 0 Å². The van der Waals surface area contributed by atoms with Gasteiger partial charge in [0.2, 0.25) is 5.91 Å². The molecule has 2 rings (SSSR count). The van der Waals surface area contributed by atoms with Crippen LogP contribution in [0.3, 0.4) is 0 Å². The molecular weight excluding hydrogens is 282 g/mol. The molecule has 0 saturated carbocycles. The minimum absolute atomic E-state index is 0.339. The Morgan fingerprint density at radius 2 is 1.57 bits per heavy atom. The average Bonchev–Trinajstić information content (AvgIpc) is 2.48. The number of para-hydroxylation sites is 1. The van der Waals surface area contributed by atoms with Gasteiger partial charge in [-0.25, -0.2) is 0 Å². The summed E-state index contributed by atoms with van der Waals surface area (Å²) in [6, 6.07) is 18.7. The first-order chi connectivity index (χ1) is 10.0. The van der Waals surface area contributed by atoms with Gasteiger partial charge in [0.1, 0.15) is 5.54 Å². The van der Waals surface area contributed by atoms with E-state index in [1.165, 1.54) is 0 Å². The summed E-state index contributed by atoms with van der Waals surface area (Å²) in [6.45, 7) is 1.71. The zero-order chi connectivity index (χ0) is 15.3. The van der Waals surface area contributed by atoms with Crippen molar-refractivity contribution in [2.45, 2.75) is 12.5 Å². The van der Waals surface area contributed by atoms with Crippen LogP contribution in [0.4, 0.5) is 5.69 Å². The molecule has 4 nitrogen and oxygen atoms in total. The van der Waals surface area contributed by atoms with Crippen molar-refractivity contribution in [3.8, 4) is 0 Å². The number of benzene rings is 2. The Kier molecular flexibility index (Phi) is 4.55. The van der Waals surface area contributed by atoms with E-state index in [1.807, 2.05) is 60.7 Å². The molecule has 0 heterocycles. The highest BCUT2D eigenvalue weighted by Crippen LogP contribution is 2.20. The number of carbonyl (C=O) groups excluding carboxylic acids is 1. The van der Waals surface area contributed by atoms with E-state index >= 15 is 0 Å². The summed E-state index contributed by atoms with van der Waals surface area (Å²) in [6.07, 6.45) is 0. The van der Waals surface area contributed by atoms with Crippen LogP contribution >= 0.6 is 12.2 Å².